The van der Waals surface area contributed by atoms with Gasteiger partial charge in [0.2, 0.25) is 0 Å². The zero-order chi connectivity index (χ0) is 13.9. The Hall–Kier alpha value is -0.250. The number of halogens is 3. The van der Waals surface area contributed by atoms with Crippen LogP contribution in [0.5, 0.6) is 0 Å². The van der Waals surface area contributed by atoms with Crippen LogP contribution in [0.25, 0.3) is 0 Å². The molecule has 19 heavy (non-hydrogen) atoms. The first-order valence-corrected chi connectivity index (χ1v) is 7.79. The summed E-state index contributed by atoms with van der Waals surface area (Å²) in [6, 6.07) is 0.767. The Morgan fingerprint density at radius 3 is 2.00 bits per heavy atom. The second kappa shape index (κ2) is 6.47. The summed E-state index contributed by atoms with van der Waals surface area (Å²) in [6.45, 7) is 2.21. The Morgan fingerprint density at radius 2 is 1.47 bits per heavy atom. The Morgan fingerprint density at radius 1 is 0.895 bits per heavy atom. The van der Waals surface area contributed by atoms with E-state index < -0.39 is 12.1 Å². The Labute approximate surface area is 114 Å². The molecule has 112 valence electrons. The largest absolute Gasteiger partial charge is 0.391 e. The van der Waals surface area contributed by atoms with E-state index in [4.69, 9.17) is 0 Å². The predicted molar refractivity (Wildman–Crippen MR) is 71.0 cm³/mol. The van der Waals surface area contributed by atoms with Crippen LogP contribution in [0.3, 0.4) is 0 Å². The molecule has 2 saturated carbocycles. The van der Waals surface area contributed by atoms with Gasteiger partial charge in [0.15, 0.2) is 0 Å². The maximum atomic E-state index is 12.6. The minimum Gasteiger partial charge on any atom is -0.311 e. The molecule has 1 N–H and O–H groups in total. The monoisotopic (exact) mass is 277 g/mol. The van der Waals surface area contributed by atoms with Crippen molar-refractivity contribution < 1.29 is 13.2 Å². The van der Waals surface area contributed by atoms with Gasteiger partial charge in [-0.2, -0.15) is 13.2 Å². The van der Waals surface area contributed by atoms with E-state index in [2.05, 4.69) is 12.2 Å². The lowest BCUT2D eigenvalue weighted by Gasteiger charge is -2.35. The average Bonchev–Trinajstić information content (AvgIpc) is 2.39. The molecule has 0 aromatic carbocycles. The van der Waals surface area contributed by atoms with Gasteiger partial charge in [0.25, 0.3) is 0 Å². The molecule has 2 aliphatic rings. The van der Waals surface area contributed by atoms with Crippen LogP contribution in [0, 0.1) is 11.8 Å². The van der Waals surface area contributed by atoms with Crippen molar-refractivity contribution in [3.63, 3.8) is 0 Å². The first-order valence-electron chi connectivity index (χ1n) is 7.79. The fourth-order valence-corrected chi connectivity index (χ4v) is 3.73. The molecule has 0 bridgehead atoms. The van der Waals surface area contributed by atoms with Crippen molar-refractivity contribution in [3.8, 4) is 0 Å². The molecule has 0 aliphatic heterocycles. The van der Waals surface area contributed by atoms with Crippen molar-refractivity contribution in [2.24, 2.45) is 11.8 Å². The van der Waals surface area contributed by atoms with Crippen LogP contribution in [0.1, 0.15) is 64.7 Å². The second-order valence-electron chi connectivity index (χ2n) is 6.44. The SMILES string of the molecule is C[C@@H](NC1CCC(C(F)(F)F)CC1)C1CCCCC1. The molecule has 0 spiro atoms. The molecule has 0 aromatic rings. The van der Waals surface area contributed by atoms with Gasteiger partial charge in [-0.15, -0.1) is 0 Å². The maximum absolute atomic E-state index is 12.6. The highest BCUT2D eigenvalue weighted by molar-refractivity contribution is 4.84. The molecule has 2 rings (SSSR count). The van der Waals surface area contributed by atoms with E-state index >= 15 is 0 Å². The molecule has 0 unspecified atom stereocenters. The zero-order valence-corrected chi connectivity index (χ0v) is 11.8. The van der Waals surface area contributed by atoms with Gasteiger partial charge in [-0.3, -0.25) is 0 Å². The first kappa shape index (κ1) is 15.1. The van der Waals surface area contributed by atoms with E-state index in [9.17, 15) is 13.2 Å². The number of rotatable bonds is 3. The molecular formula is C15H26F3N. The Balaban J connectivity index is 1.73. The quantitative estimate of drug-likeness (QED) is 0.790. The lowest BCUT2D eigenvalue weighted by atomic mass is 9.82. The molecule has 0 heterocycles. The zero-order valence-electron chi connectivity index (χ0n) is 11.8. The van der Waals surface area contributed by atoms with E-state index in [1.165, 1.54) is 32.1 Å². The van der Waals surface area contributed by atoms with Gasteiger partial charge in [0, 0.05) is 12.1 Å². The Kier molecular flexibility index (Phi) is 5.15. The summed E-state index contributed by atoms with van der Waals surface area (Å²) in [7, 11) is 0. The predicted octanol–water partition coefficient (Wildman–Crippen LogP) is 4.67. The van der Waals surface area contributed by atoms with Crippen LogP contribution < -0.4 is 5.32 Å². The van der Waals surface area contributed by atoms with Crippen molar-refractivity contribution in [1.82, 2.24) is 5.32 Å². The fourth-order valence-electron chi connectivity index (χ4n) is 3.73. The lowest BCUT2D eigenvalue weighted by Crippen LogP contribution is -2.44. The van der Waals surface area contributed by atoms with Gasteiger partial charge in [-0.25, -0.2) is 0 Å². The van der Waals surface area contributed by atoms with Gasteiger partial charge in [0.1, 0.15) is 0 Å². The van der Waals surface area contributed by atoms with Crippen LogP contribution in [0.2, 0.25) is 0 Å². The summed E-state index contributed by atoms with van der Waals surface area (Å²) in [6.07, 6.45) is 4.53. The molecule has 0 aromatic heterocycles. The van der Waals surface area contributed by atoms with Crippen LogP contribution in [-0.4, -0.2) is 18.3 Å². The van der Waals surface area contributed by atoms with Crippen LogP contribution in [-0.2, 0) is 0 Å². The van der Waals surface area contributed by atoms with Crippen molar-refractivity contribution >= 4 is 0 Å². The van der Waals surface area contributed by atoms with Gasteiger partial charge in [-0.1, -0.05) is 19.3 Å². The maximum Gasteiger partial charge on any atom is 0.391 e. The van der Waals surface area contributed by atoms with E-state index in [0.717, 1.165) is 5.92 Å². The molecule has 0 saturated heterocycles. The number of alkyl halides is 3. The van der Waals surface area contributed by atoms with Gasteiger partial charge in [-0.05, 0) is 51.4 Å². The van der Waals surface area contributed by atoms with Crippen LogP contribution in [0.15, 0.2) is 0 Å². The highest BCUT2D eigenvalue weighted by Crippen LogP contribution is 2.38. The molecule has 4 heteroatoms. The van der Waals surface area contributed by atoms with Crippen molar-refractivity contribution in [1.29, 1.82) is 0 Å². The first-order chi connectivity index (χ1) is 8.97. The van der Waals surface area contributed by atoms with Gasteiger partial charge in [0.05, 0.1) is 5.92 Å². The summed E-state index contributed by atoms with van der Waals surface area (Å²) >= 11 is 0. The third-order valence-electron chi connectivity index (χ3n) is 5.05. The van der Waals surface area contributed by atoms with Gasteiger partial charge >= 0.3 is 6.18 Å². The van der Waals surface area contributed by atoms with E-state index in [1.807, 2.05) is 0 Å². The van der Waals surface area contributed by atoms with E-state index in [1.54, 1.807) is 0 Å². The minimum absolute atomic E-state index is 0.301. The molecule has 1 nitrogen and oxygen atoms in total. The lowest BCUT2D eigenvalue weighted by molar-refractivity contribution is -0.182. The molecule has 2 aliphatic carbocycles. The summed E-state index contributed by atoms with van der Waals surface area (Å²) in [5, 5.41) is 3.59. The molecule has 0 amide bonds. The highest BCUT2D eigenvalue weighted by atomic mass is 19.4. The minimum atomic E-state index is -3.99. The van der Waals surface area contributed by atoms with E-state index in [-0.39, 0.29) is 0 Å². The second-order valence-corrected chi connectivity index (χ2v) is 6.44. The number of hydrogen-bond donors (Lipinski definition) is 1. The third-order valence-corrected chi connectivity index (χ3v) is 5.05. The standard InChI is InChI=1S/C15H26F3N/c1-11(12-5-3-2-4-6-12)19-14-9-7-13(8-10-14)15(16,17)18/h11-14,19H,2-10H2,1H3/t11-,13?,14?/m1/s1. The average molecular weight is 277 g/mol. The summed E-state index contributed by atoms with van der Waals surface area (Å²) in [5.74, 6) is -0.329. The fraction of sp³-hybridized carbons (Fsp3) is 1.00. The number of nitrogens with one attached hydrogen (secondary N) is 1. The number of hydrogen-bond acceptors (Lipinski definition) is 1. The Bertz CT molecular complexity index is 263. The van der Waals surface area contributed by atoms with Crippen LogP contribution in [0.4, 0.5) is 13.2 Å². The molecule has 2 fully saturated rings. The third kappa shape index (κ3) is 4.37. The summed E-state index contributed by atoms with van der Waals surface area (Å²) < 4.78 is 37.8. The molecule has 0 radical (unpaired) electrons. The topological polar surface area (TPSA) is 12.0 Å². The van der Waals surface area contributed by atoms with Crippen molar-refractivity contribution in [2.45, 2.75) is 83.0 Å². The van der Waals surface area contributed by atoms with Gasteiger partial charge < -0.3 is 5.32 Å². The smallest absolute Gasteiger partial charge is 0.311 e. The highest BCUT2D eigenvalue weighted by Gasteiger charge is 2.41. The molecular weight excluding hydrogens is 251 g/mol. The van der Waals surface area contributed by atoms with E-state index in [0.29, 0.717) is 37.8 Å². The normalized spacial score (nSPS) is 32.2. The van der Waals surface area contributed by atoms with Crippen LogP contribution >= 0.6 is 0 Å². The van der Waals surface area contributed by atoms with Crippen molar-refractivity contribution in [3.05, 3.63) is 0 Å². The summed E-state index contributed by atoms with van der Waals surface area (Å²) in [4.78, 5) is 0. The molecule has 1 atom stereocenters. The summed E-state index contributed by atoms with van der Waals surface area (Å²) in [5.41, 5.74) is 0. The van der Waals surface area contributed by atoms with Crippen molar-refractivity contribution in [2.75, 3.05) is 0 Å².